The molecule has 0 bridgehead atoms. The minimum absolute atomic E-state index is 0.410. The Kier molecular flexibility index (Phi) is 4.68. The highest BCUT2D eigenvalue weighted by Gasteiger charge is 2.43. The van der Waals surface area contributed by atoms with Crippen LogP contribution in [0, 0.1) is 10.8 Å². The molecule has 2 aliphatic rings. The van der Waals surface area contributed by atoms with Crippen molar-refractivity contribution < 1.29 is 4.74 Å². The van der Waals surface area contributed by atoms with Crippen molar-refractivity contribution in [3.05, 3.63) is 0 Å². The monoisotopic (exact) mass is 254 g/mol. The number of nitrogens with one attached hydrogen (secondary N) is 1. The molecule has 0 aromatic carbocycles. The van der Waals surface area contributed by atoms with E-state index < -0.39 is 0 Å². The van der Waals surface area contributed by atoms with Crippen molar-refractivity contribution in [2.24, 2.45) is 10.8 Å². The Morgan fingerprint density at radius 1 is 1.06 bits per heavy atom. The fourth-order valence-electron chi connectivity index (χ4n) is 3.80. The number of methoxy groups -OCH3 is 1. The molecular formula is C15H30N2O. The van der Waals surface area contributed by atoms with Crippen molar-refractivity contribution in [1.29, 1.82) is 0 Å². The molecule has 2 aliphatic heterocycles. The van der Waals surface area contributed by atoms with Crippen LogP contribution in [-0.4, -0.2) is 51.3 Å². The average Bonchev–Trinajstić information content (AvgIpc) is 2.35. The summed E-state index contributed by atoms with van der Waals surface area (Å²) in [6.07, 6.45) is 5.20. The van der Waals surface area contributed by atoms with E-state index in [9.17, 15) is 0 Å². The zero-order valence-corrected chi connectivity index (χ0v) is 12.4. The highest BCUT2D eigenvalue weighted by molar-refractivity contribution is 4.97. The molecule has 0 atom stereocenters. The molecule has 0 unspecified atom stereocenters. The third-order valence-corrected chi connectivity index (χ3v) is 5.29. The van der Waals surface area contributed by atoms with Gasteiger partial charge in [-0.15, -0.1) is 0 Å². The van der Waals surface area contributed by atoms with Crippen LogP contribution >= 0.6 is 0 Å². The summed E-state index contributed by atoms with van der Waals surface area (Å²) < 4.78 is 5.50. The Balaban J connectivity index is 1.87. The van der Waals surface area contributed by atoms with Crippen molar-refractivity contribution in [3.63, 3.8) is 0 Å². The third-order valence-electron chi connectivity index (χ3n) is 5.29. The van der Waals surface area contributed by atoms with Crippen molar-refractivity contribution in [2.75, 3.05) is 46.4 Å². The summed E-state index contributed by atoms with van der Waals surface area (Å²) in [7, 11) is 1.85. The molecule has 1 N–H and O–H groups in total. The van der Waals surface area contributed by atoms with Gasteiger partial charge in [-0.05, 0) is 44.2 Å². The van der Waals surface area contributed by atoms with Gasteiger partial charge >= 0.3 is 0 Å². The molecule has 0 aromatic rings. The molecule has 2 fully saturated rings. The predicted octanol–water partition coefficient (Wildman–Crippen LogP) is 2.12. The van der Waals surface area contributed by atoms with Crippen molar-refractivity contribution in [3.8, 4) is 0 Å². The van der Waals surface area contributed by atoms with Crippen LogP contribution in [0.4, 0.5) is 0 Å². The molecular weight excluding hydrogens is 224 g/mol. The highest BCUT2D eigenvalue weighted by atomic mass is 16.5. The molecule has 2 heterocycles. The summed E-state index contributed by atoms with van der Waals surface area (Å²) >= 11 is 0. The van der Waals surface area contributed by atoms with Crippen LogP contribution in [0.1, 0.15) is 39.5 Å². The highest BCUT2D eigenvalue weighted by Crippen LogP contribution is 2.40. The Morgan fingerprint density at radius 2 is 1.67 bits per heavy atom. The summed E-state index contributed by atoms with van der Waals surface area (Å²) in [4.78, 5) is 2.66. The molecule has 0 saturated carbocycles. The topological polar surface area (TPSA) is 24.5 Å². The number of hydrogen-bond donors (Lipinski definition) is 1. The quantitative estimate of drug-likeness (QED) is 0.786. The molecule has 2 rings (SSSR count). The molecule has 106 valence electrons. The zero-order chi connectivity index (χ0) is 13.1. The standard InChI is InChI=1S/C15H30N2O/c1-4-14(5-2)10-17(11-14)12-15(13-18-3)6-8-16-9-7-15/h16H,4-13H2,1-3H3. The minimum Gasteiger partial charge on any atom is -0.384 e. The summed E-state index contributed by atoms with van der Waals surface area (Å²) in [5.41, 5.74) is 1.04. The molecule has 0 amide bonds. The van der Waals surface area contributed by atoms with E-state index in [1.165, 1.54) is 45.3 Å². The molecule has 0 aromatic heterocycles. The fraction of sp³-hybridized carbons (Fsp3) is 1.00. The molecule has 3 nitrogen and oxygen atoms in total. The van der Waals surface area contributed by atoms with Crippen molar-refractivity contribution >= 4 is 0 Å². The maximum Gasteiger partial charge on any atom is 0.0531 e. The lowest BCUT2D eigenvalue weighted by Crippen LogP contribution is -2.60. The van der Waals surface area contributed by atoms with E-state index in [1.54, 1.807) is 0 Å². The van der Waals surface area contributed by atoms with Crippen LogP contribution in [0.25, 0.3) is 0 Å². The first-order valence-electron chi connectivity index (χ1n) is 7.60. The fourth-order valence-corrected chi connectivity index (χ4v) is 3.80. The van der Waals surface area contributed by atoms with Crippen molar-refractivity contribution in [2.45, 2.75) is 39.5 Å². The van der Waals surface area contributed by atoms with Gasteiger partial charge in [0, 0.05) is 32.2 Å². The van der Waals surface area contributed by atoms with Crippen molar-refractivity contribution in [1.82, 2.24) is 10.2 Å². The van der Waals surface area contributed by atoms with Crippen LogP contribution in [-0.2, 0) is 4.74 Å². The molecule has 0 spiro atoms. The molecule has 18 heavy (non-hydrogen) atoms. The number of hydrogen-bond acceptors (Lipinski definition) is 3. The molecule has 0 aliphatic carbocycles. The molecule has 2 saturated heterocycles. The SMILES string of the molecule is CCC1(CC)CN(CC2(COC)CCNCC2)C1. The van der Waals surface area contributed by atoms with Crippen LogP contribution in [0.15, 0.2) is 0 Å². The van der Waals surface area contributed by atoms with Gasteiger partial charge in [0.1, 0.15) is 0 Å². The van der Waals surface area contributed by atoms with Gasteiger partial charge in [-0.3, -0.25) is 0 Å². The van der Waals surface area contributed by atoms with E-state index in [1.807, 2.05) is 7.11 Å². The molecule has 0 radical (unpaired) electrons. The van der Waals surface area contributed by atoms with Crippen LogP contribution in [0.2, 0.25) is 0 Å². The lowest BCUT2D eigenvalue weighted by molar-refractivity contribution is -0.0589. The summed E-state index contributed by atoms with van der Waals surface area (Å²) in [5, 5.41) is 3.47. The van der Waals surface area contributed by atoms with Gasteiger partial charge in [0.15, 0.2) is 0 Å². The summed E-state index contributed by atoms with van der Waals surface area (Å²) in [6.45, 7) is 11.8. The van der Waals surface area contributed by atoms with E-state index in [0.717, 1.165) is 19.7 Å². The lowest BCUT2D eigenvalue weighted by atomic mass is 9.72. The third kappa shape index (κ3) is 2.89. The lowest BCUT2D eigenvalue weighted by Gasteiger charge is -2.53. The van der Waals surface area contributed by atoms with E-state index >= 15 is 0 Å². The van der Waals surface area contributed by atoms with E-state index in [4.69, 9.17) is 4.74 Å². The average molecular weight is 254 g/mol. The second-order valence-corrected chi connectivity index (χ2v) is 6.54. The summed E-state index contributed by atoms with van der Waals surface area (Å²) in [5.74, 6) is 0. The normalized spacial score (nSPS) is 26.8. The van der Waals surface area contributed by atoms with Gasteiger partial charge in [-0.1, -0.05) is 13.8 Å². The number of nitrogens with zero attached hydrogens (tertiary/aromatic N) is 1. The first-order chi connectivity index (χ1) is 8.67. The van der Waals surface area contributed by atoms with E-state index in [-0.39, 0.29) is 0 Å². The minimum atomic E-state index is 0.410. The largest absolute Gasteiger partial charge is 0.384 e. The maximum atomic E-state index is 5.50. The van der Waals surface area contributed by atoms with Gasteiger partial charge in [0.05, 0.1) is 6.61 Å². The van der Waals surface area contributed by atoms with Crippen LogP contribution in [0.3, 0.4) is 0 Å². The Hall–Kier alpha value is -0.120. The smallest absolute Gasteiger partial charge is 0.0531 e. The Bertz CT molecular complexity index is 244. The zero-order valence-electron chi connectivity index (χ0n) is 12.4. The van der Waals surface area contributed by atoms with Gasteiger partial charge in [-0.25, -0.2) is 0 Å². The number of piperidine rings is 1. The second kappa shape index (κ2) is 5.89. The number of rotatable bonds is 6. The number of ether oxygens (including phenoxy) is 1. The molecule has 3 heteroatoms. The maximum absolute atomic E-state index is 5.50. The number of likely N-dealkylation sites (tertiary alicyclic amines) is 1. The van der Waals surface area contributed by atoms with Gasteiger partial charge in [-0.2, -0.15) is 0 Å². The van der Waals surface area contributed by atoms with Gasteiger partial charge in [0.2, 0.25) is 0 Å². The first kappa shape index (κ1) is 14.3. The van der Waals surface area contributed by atoms with E-state index in [2.05, 4.69) is 24.1 Å². The first-order valence-corrected chi connectivity index (χ1v) is 7.60. The Morgan fingerprint density at radius 3 is 2.17 bits per heavy atom. The van der Waals surface area contributed by atoms with E-state index in [0.29, 0.717) is 10.8 Å². The predicted molar refractivity (Wildman–Crippen MR) is 75.9 cm³/mol. The van der Waals surface area contributed by atoms with Crippen LogP contribution < -0.4 is 5.32 Å². The van der Waals surface area contributed by atoms with Crippen LogP contribution in [0.5, 0.6) is 0 Å². The van der Waals surface area contributed by atoms with Gasteiger partial charge < -0.3 is 15.0 Å². The van der Waals surface area contributed by atoms with Gasteiger partial charge in [0.25, 0.3) is 0 Å². The summed E-state index contributed by atoms with van der Waals surface area (Å²) in [6, 6.07) is 0. The Labute approximate surface area is 112 Å². The second-order valence-electron chi connectivity index (χ2n) is 6.54.